The summed E-state index contributed by atoms with van der Waals surface area (Å²) in [7, 11) is 0. The predicted octanol–water partition coefficient (Wildman–Crippen LogP) is 1.66. The number of anilines is 1. The van der Waals surface area contributed by atoms with Crippen LogP contribution in [0, 0.1) is 5.92 Å². The average molecular weight is 248 g/mol. The van der Waals surface area contributed by atoms with E-state index in [1.54, 1.807) is 6.20 Å². The summed E-state index contributed by atoms with van der Waals surface area (Å²) in [4.78, 5) is 6.77. The Hall–Kier alpha value is -1.13. The molecule has 2 heterocycles. The van der Waals surface area contributed by atoms with Crippen molar-refractivity contribution in [3.63, 3.8) is 0 Å². The maximum atomic E-state index is 6.05. The number of hydrogen-bond acceptors (Lipinski definition) is 4. The molecule has 18 heavy (non-hydrogen) atoms. The van der Waals surface area contributed by atoms with E-state index in [1.165, 1.54) is 5.56 Å². The topological polar surface area (TPSA) is 54.2 Å². The van der Waals surface area contributed by atoms with Crippen molar-refractivity contribution < 1.29 is 0 Å². The van der Waals surface area contributed by atoms with Gasteiger partial charge in [0, 0.05) is 44.0 Å². The number of rotatable bonds is 4. The fourth-order valence-electron chi connectivity index (χ4n) is 2.62. The van der Waals surface area contributed by atoms with E-state index < -0.39 is 0 Å². The minimum absolute atomic E-state index is 0.404. The van der Waals surface area contributed by atoms with Crippen LogP contribution in [0.1, 0.15) is 31.9 Å². The minimum Gasteiger partial charge on any atom is -0.383 e. The lowest BCUT2D eigenvalue weighted by Crippen LogP contribution is -2.45. The molecule has 1 fully saturated rings. The van der Waals surface area contributed by atoms with E-state index in [4.69, 9.17) is 5.73 Å². The fraction of sp³-hybridized carbons (Fsp3) is 0.643. The Balaban J connectivity index is 2.21. The molecule has 3 N–H and O–H groups in total. The third kappa shape index (κ3) is 3.21. The van der Waals surface area contributed by atoms with Crippen molar-refractivity contribution in [2.24, 2.45) is 5.92 Å². The Bertz CT molecular complexity index is 372. The number of nitrogens with two attached hydrogens (primary N) is 1. The normalized spacial score (nSPS) is 19.1. The van der Waals surface area contributed by atoms with Crippen LogP contribution in [-0.2, 0) is 0 Å². The van der Waals surface area contributed by atoms with E-state index in [0.29, 0.717) is 17.8 Å². The third-order valence-electron chi connectivity index (χ3n) is 3.52. The van der Waals surface area contributed by atoms with Gasteiger partial charge in [-0.1, -0.05) is 19.9 Å². The lowest BCUT2D eigenvalue weighted by molar-refractivity contribution is 0.154. The van der Waals surface area contributed by atoms with E-state index in [2.05, 4.69) is 35.1 Å². The van der Waals surface area contributed by atoms with Crippen LogP contribution < -0.4 is 11.1 Å². The second-order valence-corrected chi connectivity index (χ2v) is 5.41. The molecule has 100 valence electrons. The second-order valence-electron chi connectivity index (χ2n) is 5.41. The monoisotopic (exact) mass is 248 g/mol. The van der Waals surface area contributed by atoms with E-state index in [-0.39, 0.29) is 0 Å². The van der Waals surface area contributed by atoms with Gasteiger partial charge in [0.05, 0.1) is 0 Å². The number of aromatic nitrogens is 1. The van der Waals surface area contributed by atoms with Gasteiger partial charge in [-0.05, 0) is 18.4 Å². The summed E-state index contributed by atoms with van der Waals surface area (Å²) in [5.41, 5.74) is 7.24. The van der Waals surface area contributed by atoms with Gasteiger partial charge in [0.1, 0.15) is 5.82 Å². The summed E-state index contributed by atoms with van der Waals surface area (Å²) in [6, 6.07) is 4.51. The molecule has 1 saturated heterocycles. The van der Waals surface area contributed by atoms with Gasteiger partial charge < -0.3 is 11.1 Å². The Kier molecular flexibility index (Phi) is 4.55. The molecule has 1 aromatic rings. The molecule has 1 aromatic heterocycles. The maximum Gasteiger partial charge on any atom is 0.128 e. The van der Waals surface area contributed by atoms with Gasteiger partial charge in [0.2, 0.25) is 0 Å². The quantitative estimate of drug-likeness (QED) is 0.851. The molecule has 0 radical (unpaired) electrons. The van der Waals surface area contributed by atoms with Gasteiger partial charge >= 0.3 is 0 Å². The van der Waals surface area contributed by atoms with Crippen molar-refractivity contribution in [2.45, 2.75) is 26.3 Å². The lowest BCUT2D eigenvalue weighted by Gasteiger charge is -2.36. The first kappa shape index (κ1) is 13.3. The standard InChI is InChI=1S/C14H24N4/c1-11(2)10-13(18-8-6-16-7-9-18)12-4-3-5-17-14(12)15/h3-5,11,13,16H,6-10H2,1-2H3,(H2,15,17)/t13-/m1/s1. The van der Waals surface area contributed by atoms with Gasteiger partial charge in [0.25, 0.3) is 0 Å². The first-order valence-electron chi connectivity index (χ1n) is 6.83. The van der Waals surface area contributed by atoms with Crippen LogP contribution >= 0.6 is 0 Å². The molecule has 4 heteroatoms. The highest BCUT2D eigenvalue weighted by atomic mass is 15.2. The molecular formula is C14H24N4. The Morgan fingerprint density at radius 2 is 2.11 bits per heavy atom. The van der Waals surface area contributed by atoms with Crippen molar-refractivity contribution in [1.82, 2.24) is 15.2 Å². The molecule has 0 aliphatic carbocycles. The number of piperazine rings is 1. The summed E-state index contributed by atoms with van der Waals surface area (Å²) >= 11 is 0. The van der Waals surface area contributed by atoms with Gasteiger partial charge in [-0.2, -0.15) is 0 Å². The van der Waals surface area contributed by atoms with Crippen molar-refractivity contribution in [3.05, 3.63) is 23.9 Å². The van der Waals surface area contributed by atoms with Crippen LogP contribution in [0.25, 0.3) is 0 Å². The van der Waals surface area contributed by atoms with Gasteiger partial charge in [0.15, 0.2) is 0 Å². The molecule has 4 nitrogen and oxygen atoms in total. The van der Waals surface area contributed by atoms with Crippen LogP contribution in [0.2, 0.25) is 0 Å². The van der Waals surface area contributed by atoms with Gasteiger partial charge in [-0.25, -0.2) is 4.98 Å². The van der Waals surface area contributed by atoms with E-state index in [1.807, 2.05) is 6.07 Å². The predicted molar refractivity (Wildman–Crippen MR) is 75.3 cm³/mol. The number of nitrogens with one attached hydrogen (secondary N) is 1. The highest BCUT2D eigenvalue weighted by Crippen LogP contribution is 2.30. The first-order chi connectivity index (χ1) is 8.68. The Morgan fingerprint density at radius 3 is 2.72 bits per heavy atom. The molecule has 1 aliphatic rings. The average Bonchev–Trinajstić information content (AvgIpc) is 2.38. The SMILES string of the molecule is CC(C)C[C@H](c1cccnc1N)N1CCNCC1. The van der Waals surface area contributed by atoms with Crippen molar-refractivity contribution in [1.29, 1.82) is 0 Å². The van der Waals surface area contributed by atoms with Crippen LogP contribution in [0.3, 0.4) is 0 Å². The first-order valence-corrected chi connectivity index (χ1v) is 6.83. The number of pyridine rings is 1. The van der Waals surface area contributed by atoms with Crippen molar-refractivity contribution in [2.75, 3.05) is 31.9 Å². The van der Waals surface area contributed by atoms with Crippen molar-refractivity contribution in [3.8, 4) is 0 Å². The zero-order chi connectivity index (χ0) is 13.0. The van der Waals surface area contributed by atoms with E-state index >= 15 is 0 Å². The molecule has 0 saturated carbocycles. The largest absolute Gasteiger partial charge is 0.383 e. The number of hydrogen-bond donors (Lipinski definition) is 2. The summed E-state index contributed by atoms with van der Waals surface area (Å²) in [5, 5.41) is 3.40. The zero-order valence-corrected chi connectivity index (χ0v) is 11.4. The van der Waals surface area contributed by atoms with Crippen LogP contribution in [0.15, 0.2) is 18.3 Å². The molecule has 1 atom stereocenters. The highest BCUT2D eigenvalue weighted by Gasteiger charge is 2.24. The molecule has 0 bridgehead atoms. The molecule has 2 rings (SSSR count). The number of nitrogens with zero attached hydrogens (tertiary/aromatic N) is 2. The molecule has 1 aliphatic heterocycles. The summed E-state index contributed by atoms with van der Waals surface area (Å²) in [5.74, 6) is 1.34. The number of nitrogen functional groups attached to an aromatic ring is 1. The fourth-order valence-corrected chi connectivity index (χ4v) is 2.62. The molecule has 0 amide bonds. The molecule has 0 aromatic carbocycles. The Morgan fingerprint density at radius 1 is 1.39 bits per heavy atom. The lowest BCUT2D eigenvalue weighted by atomic mass is 9.95. The third-order valence-corrected chi connectivity index (χ3v) is 3.52. The van der Waals surface area contributed by atoms with Crippen LogP contribution in [0.4, 0.5) is 5.82 Å². The van der Waals surface area contributed by atoms with Crippen LogP contribution in [-0.4, -0.2) is 36.1 Å². The minimum atomic E-state index is 0.404. The van der Waals surface area contributed by atoms with E-state index in [9.17, 15) is 0 Å². The maximum absolute atomic E-state index is 6.05. The van der Waals surface area contributed by atoms with E-state index in [0.717, 1.165) is 32.6 Å². The molecular weight excluding hydrogens is 224 g/mol. The summed E-state index contributed by atoms with van der Waals surface area (Å²) in [6.07, 6.45) is 2.90. The smallest absolute Gasteiger partial charge is 0.128 e. The summed E-state index contributed by atoms with van der Waals surface area (Å²) in [6.45, 7) is 8.84. The second kappa shape index (κ2) is 6.16. The Labute approximate surface area is 110 Å². The van der Waals surface area contributed by atoms with Gasteiger partial charge in [-0.15, -0.1) is 0 Å². The zero-order valence-electron chi connectivity index (χ0n) is 11.4. The van der Waals surface area contributed by atoms with Crippen LogP contribution in [0.5, 0.6) is 0 Å². The van der Waals surface area contributed by atoms with Crippen molar-refractivity contribution >= 4 is 5.82 Å². The highest BCUT2D eigenvalue weighted by molar-refractivity contribution is 5.41. The summed E-state index contributed by atoms with van der Waals surface area (Å²) < 4.78 is 0. The molecule has 0 spiro atoms. The molecule has 0 unspecified atom stereocenters. The van der Waals surface area contributed by atoms with Gasteiger partial charge in [-0.3, -0.25) is 4.90 Å².